The van der Waals surface area contributed by atoms with E-state index in [0.29, 0.717) is 6.42 Å². The summed E-state index contributed by atoms with van der Waals surface area (Å²) in [5.74, 6) is -0.416. The number of rotatable bonds is 2. The molecule has 0 aromatic carbocycles. The molecule has 0 spiro atoms. The Balaban J connectivity index is 2.55. The first-order valence-electron chi connectivity index (χ1n) is 4.58. The van der Waals surface area contributed by atoms with Gasteiger partial charge in [-0.3, -0.25) is 4.79 Å². The minimum Gasteiger partial charge on any atom is -0.457 e. The highest BCUT2D eigenvalue weighted by molar-refractivity contribution is 5.66. The third kappa shape index (κ3) is 2.67. The van der Waals surface area contributed by atoms with E-state index in [2.05, 4.69) is 0 Å². The molecule has 1 aliphatic rings. The van der Waals surface area contributed by atoms with Gasteiger partial charge in [-0.05, 0) is 6.92 Å². The Morgan fingerprint density at radius 1 is 1.57 bits per heavy atom. The van der Waals surface area contributed by atoms with E-state index in [9.17, 15) is 9.90 Å². The number of carbonyl (C=O) groups excluding carboxylic acids is 1. The van der Waals surface area contributed by atoms with E-state index < -0.39 is 24.5 Å². The molecule has 1 heterocycles. The predicted octanol–water partition coefficient (Wildman–Crippen LogP) is 0.0603. The lowest BCUT2D eigenvalue weighted by atomic mass is 10.0. The standard InChI is InChI=1S/C9H16O5/c1-5-9(14-6(2)10)7(11)4-8(12-3)13-5/h5,7-9,11H,4H2,1-3H3/t5-,7-,8+,9+/m1/s1. The van der Waals surface area contributed by atoms with Gasteiger partial charge >= 0.3 is 5.97 Å². The zero-order valence-corrected chi connectivity index (χ0v) is 8.60. The van der Waals surface area contributed by atoms with Crippen molar-refractivity contribution in [2.45, 2.75) is 44.9 Å². The van der Waals surface area contributed by atoms with Gasteiger partial charge in [-0.25, -0.2) is 0 Å². The van der Waals surface area contributed by atoms with Crippen LogP contribution < -0.4 is 0 Å². The second-order valence-corrected chi connectivity index (χ2v) is 3.38. The SMILES string of the molecule is CO[C@@H]1C[C@@H](O)[C@@H](OC(C)=O)[C@@H](C)O1. The Labute approximate surface area is 82.9 Å². The lowest BCUT2D eigenvalue weighted by Crippen LogP contribution is -2.49. The van der Waals surface area contributed by atoms with Crippen molar-refractivity contribution < 1.29 is 24.1 Å². The second kappa shape index (κ2) is 4.72. The van der Waals surface area contributed by atoms with Gasteiger partial charge in [-0.2, -0.15) is 0 Å². The highest BCUT2D eigenvalue weighted by Crippen LogP contribution is 2.22. The molecule has 0 aromatic rings. The number of esters is 1. The van der Waals surface area contributed by atoms with Gasteiger partial charge in [0.15, 0.2) is 12.4 Å². The summed E-state index contributed by atoms with van der Waals surface area (Å²) < 4.78 is 15.3. The molecule has 0 saturated carbocycles. The van der Waals surface area contributed by atoms with Gasteiger partial charge in [0, 0.05) is 20.5 Å². The van der Waals surface area contributed by atoms with Crippen LogP contribution in [0, 0.1) is 0 Å². The number of carbonyl (C=O) groups is 1. The Bertz CT molecular complexity index is 193. The summed E-state index contributed by atoms with van der Waals surface area (Å²) in [6.07, 6.45) is -1.79. The monoisotopic (exact) mass is 204 g/mol. The minimum atomic E-state index is -0.729. The molecule has 1 rings (SSSR count). The molecule has 0 unspecified atom stereocenters. The van der Waals surface area contributed by atoms with Gasteiger partial charge in [0.05, 0.1) is 12.2 Å². The molecule has 5 heteroatoms. The summed E-state index contributed by atoms with van der Waals surface area (Å²) in [6.45, 7) is 3.05. The van der Waals surface area contributed by atoms with Gasteiger partial charge < -0.3 is 19.3 Å². The number of methoxy groups -OCH3 is 1. The highest BCUT2D eigenvalue weighted by atomic mass is 16.7. The number of aliphatic hydroxyl groups is 1. The molecule has 0 aromatic heterocycles. The average molecular weight is 204 g/mol. The van der Waals surface area contributed by atoms with Crippen molar-refractivity contribution in [3.63, 3.8) is 0 Å². The van der Waals surface area contributed by atoms with Crippen LogP contribution >= 0.6 is 0 Å². The summed E-state index contributed by atoms with van der Waals surface area (Å²) in [7, 11) is 1.51. The van der Waals surface area contributed by atoms with Crippen LogP contribution in [0.25, 0.3) is 0 Å². The molecule has 1 N–H and O–H groups in total. The fraction of sp³-hybridized carbons (Fsp3) is 0.889. The van der Waals surface area contributed by atoms with Crippen LogP contribution in [0.1, 0.15) is 20.3 Å². The summed E-state index contributed by atoms with van der Waals surface area (Å²) in [5.41, 5.74) is 0. The van der Waals surface area contributed by atoms with Crippen molar-refractivity contribution in [3.05, 3.63) is 0 Å². The van der Waals surface area contributed by atoms with Gasteiger partial charge in [0.1, 0.15) is 0 Å². The third-order valence-corrected chi connectivity index (χ3v) is 2.21. The van der Waals surface area contributed by atoms with E-state index in [1.807, 2.05) is 0 Å². The zero-order chi connectivity index (χ0) is 10.7. The maximum absolute atomic E-state index is 10.7. The second-order valence-electron chi connectivity index (χ2n) is 3.38. The smallest absolute Gasteiger partial charge is 0.303 e. The fourth-order valence-electron chi connectivity index (χ4n) is 1.53. The number of ether oxygens (including phenoxy) is 3. The molecule has 14 heavy (non-hydrogen) atoms. The molecule has 0 aliphatic carbocycles. The first-order chi connectivity index (χ1) is 6.54. The predicted molar refractivity (Wildman–Crippen MR) is 47.5 cm³/mol. The van der Waals surface area contributed by atoms with E-state index >= 15 is 0 Å². The molecule has 1 saturated heterocycles. The molecule has 5 nitrogen and oxygen atoms in total. The van der Waals surface area contributed by atoms with Crippen LogP contribution in [0.5, 0.6) is 0 Å². The van der Waals surface area contributed by atoms with Crippen LogP contribution in [0.4, 0.5) is 0 Å². The van der Waals surface area contributed by atoms with Crippen LogP contribution in [-0.2, 0) is 19.0 Å². The van der Waals surface area contributed by atoms with Crippen LogP contribution in [0.3, 0.4) is 0 Å². The first kappa shape index (κ1) is 11.4. The quantitative estimate of drug-likeness (QED) is 0.644. The number of aliphatic hydroxyl groups excluding tert-OH is 1. The van der Waals surface area contributed by atoms with Gasteiger partial charge in [0.25, 0.3) is 0 Å². The van der Waals surface area contributed by atoms with E-state index in [0.717, 1.165) is 0 Å². The fourth-order valence-corrected chi connectivity index (χ4v) is 1.53. The summed E-state index contributed by atoms with van der Waals surface area (Å²) in [4.78, 5) is 10.7. The summed E-state index contributed by atoms with van der Waals surface area (Å²) in [5, 5.41) is 9.65. The minimum absolute atomic E-state index is 0.318. The molecular formula is C9H16O5. The van der Waals surface area contributed by atoms with E-state index in [1.165, 1.54) is 14.0 Å². The topological polar surface area (TPSA) is 65.0 Å². The molecule has 0 amide bonds. The van der Waals surface area contributed by atoms with Gasteiger partial charge in [-0.15, -0.1) is 0 Å². The van der Waals surface area contributed by atoms with Crippen molar-refractivity contribution in [1.29, 1.82) is 0 Å². The van der Waals surface area contributed by atoms with Crippen molar-refractivity contribution in [1.82, 2.24) is 0 Å². The third-order valence-electron chi connectivity index (χ3n) is 2.21. The largest absolute Gasteiger partial charge is 0.457 e. The molecule has 82 valence electrons. The maximum atomic E-state index is 10.7. The molecular weight excluding hydrogens is 188 g/mol. The van der Waals surface area contributed by atoms with E-state index in [1.54, 1.807) is 6.92 Å². The Morgan fingerprint density at radius 2 is 2.21 bits per heavy atom. The van der Waals surface area contributed by atoms with E-state index in [4.69, 9.17) is 14.2 Å². The Kier molecular flexibility index (Phi) is 3.86. The summed E-state index contributed by atoms with van der Waals surface area (Å²) >= 11 is 0. The molecule has 4 atom stereocenters. The van der Waals surface area contributed by atoms with Crippen molar-refractivity contribution in [3.8, 4) is 0 Å². The molecule has 1 fully saturated rings. The van der Waals surface area contributed by atoms with Crippen molar-refractivity contribution >= 4 is 5.97 Å². The lowest BCUT2D eigenvalue weighted by Gasteiger charge is -2.36. The number of hydrogen-bond donors (Lipinski definition) is 1. The number of hydrogen-bond acceptors (Lipinski definition) is 5. The highest BCUT2D eigenvalue weighted by Gasteiger charge is 2.37. The van der Waals surface area contributed by atoms with Crippen LogP contribution in [-0.4, -0.2) is 42.8 Å². The average Bonchev–Trinajstić information content (AvgIpc) is 2.10. The van der Waals surface area contributed by atoms with Crippen molar-refractivity contribution in [2.75, 3.05) is 7.11 Å². The van der Waals surface area contributed by atoms with Gasteiger partial charge in [-0.1, -0.05) is 0 Å². The Hall–Kier alpha value is -0.650. The normalized spacial score (nSPS) is 38.0. The first-order valence-corrected chi connectivity index (χ1v) is 4.58. The molecule has 0 bridgehead atoms. The maximum Gasteiger partial charge on any atom is 0.303 e. The van der Waals surface area contributed by atoms with Crippen LogP contribution in [0.2, 0.25) is 0 Å². The Morgan fingerprint density at radius 3 is 2.64 bits per heavy atom. The van der Waals surface area contributed by atoms with Crippen LogP contribution in [0.15, 0.2) is 0 Å². The summed E-state index contributed by atoms with van der Waals surface area (Å²) in [6, 6.07) is 0. The molecule has 0 radical (unpaired) electrons. The lowest BCUT2D eigenvalue weighted by molar-refractivity contribution is -0.244. The zero-order valence-electron chi connectivity index (χ0n) is 8.60. The van der Waals surface area contributed by atoms with Gasteiger partial charge in [0.2, 0.25) is 0 Å². The van der Waals surface area contributed by atoms with Crippen molar-refractivity contribution in [2.24, 2.45) is 0 Å². The van der Waals surface area contributed by atoms with E-state index in [-0.39, 0.29) is 6.10 Å². The molecule has 1 aliphatic heterocycles.